The molecule has 0 unspecified atom stereocenters. The van der Waals surface area contributed by atoms with E-state index in [2.05, 4.69) is 35.9 Å². The van der Waals surface area contributed by atoms with Crippen molar-refractivity contribution in [3.05, 3.63) is 60.9 Å². The predicted octanol–water partition coefficient (Wildman–Crippen LogP) is 3.44. The molecule has 1 aromatic carbocycles. The van der Waals surface area contributed by atoms with Crippen LogP contribution in [0.2, 0.25) is 0 Å². The normalized spacial score (nSPS) is 19.2. The van der Waals surface area contributed by atoms with Gasteiger partial charge in [0.1, 0.15) is 11.3 Å². The molecule has 0 aliphatic heterocycles. The molecule has 0 saturated heterocycles. The summed E-state index contributed by atoms with van der Waals surface area (Å²) in [5.74, 6) is 2.28. The molecule has 1 aliphatic carbocycles. The largest absolute Gasteiger partial charge is 0.367 e. The van der Waals surface area contributed by atoms with Crippen LogP contribution in [-0.2, 0) is 0 Å². The molecule has 0 bridgehead atoms. The Morgan fingerprint density at radius 3 is 2.41 bits per heavy atom. The van der Waals surface area contributed by atoms with Gasteiger partial charge < -0.3 is 10.6 Å². The maximum Gasteiger partial charge on any atom is 0.224 e. The second-order valence-corrected chi connectivity index (χ2v) is 7.28. The van der Waals surface area contributed by atoms with Crippen molar-refractivity contribution >= 4 is 22.8 Å². The van der Waals surface area contributed by atoms with Crippen LogP contribution in [0.4, 0.5) is 11.8 Å². The summed E-state index contributed by atoms with van der Waals surface area (Å²) in [6.45, 7) is 0. The van der Waals surface area contributed by atoms with Crippen molar-refractivity contribution in [1.82, 2.24) is 29.9 Å². The smallest absolute Gasteiger partial charge is 0.224 e. The summed E-state index contributed by atoms with van der Waals surface area (Å²) in [4.78, 5) is 13.4. The summed E-state index contributed by atoms with van der Waals surface area (Å²) in [6, 6.07) is 16.5. The van der Waals surface area contributed by atoms with Crippen LogP contribution >= 0.6 is 0 Å². The highest BCUT2D eigenvalue weighted by atomic mass is 15.4. The number of hydrogen-bond acceptors (Lipinski definition) is 7. The molecule has 8 heteroatoms. The standard InChI is InChI=1S/C21H22N8/c1-2-6-18-17(5-1)27-28-29(18)20-12-14-23-21(26-20)25-16-10-8-15(9-11-16)24-19-7-3-4-13-22-19/h1-7,12-16H,8-11H2,(H,22,24)(H,23,25,26)/t15-,16-. The number of fused-ring (bicyclic) bond motifs is 1. The molecule has 0 radical (unpaired) electrons. The summed E-state index contributed by atoms with van der Waals surface area (Å²) in [6.07, 6.45) is 7.87. The van der Waals surface area contributed by atoms with Crippen LogP contribution in [0.15, 0.2) is 60.9 Å². The number of pyridine rings is 1. The lowest BCUT2D eigenvalue weighted by molar-refractivity contribution is 0.427. The summed E-state index contributed by atoms with van der Waals surface area (Å²) in [7, 11) is 0. The lowest BCUT2D eigenvalue weighted by Gasteiger charge is -2.30. The Kier molecular flexibility index (Phi) is 4.73. The molecule has 8 nitrogen and oxygen atoms in total. The van der Waals surface area contributed by atoms with E-state index in [9.17, 15) is 0 Å². The van der Waals surface area contributed by atoms with Gasteiger partial charge in [0.2, 0.25) is 5.95 Å². The van der Waals surface area contributed by atoms with Crippen LogP contribution in [0.5, 0.6) is 0 Å². The minimum atomic E-state index is 0.361. The number of para-hydroxylation sites is 1. The van der Waals surface area contributed by atoms with E-state index in [1.807, 2.05) is 54.7 Å². The Hall–Kier alpha value is -3.55. The first kappa shape index (κ1) is 17.5. The van der Waals surface area contributed by atoms with Crippen molar-refractivity contribution in [3.63, 3.8) is 0 Å². The summed E-state index contributed by atoms with van der Waals surface area (Å²) >= 11 is 0. The molecule has 29 heavy (non-hydrogen) atoms. The zero-order chi connectivity index (χ0) is 19.5. The van der Waals surface area contributed by atoms with Crippen LogP contribution in [0, 0.1) is 0 Å². The highest BCUT2D eigenvalue weighted by Crippen LogP contribution is 2.24. The minimum absolute atomic E-state index is 0.361. The van der Waals surface area contributed by atoms with Crippen molar-refractivity contribution in [1.29, 1.82) is 0 Å². The molecule has 0 spiro atoms. The number of hydrogen-bond donors (Lipinski definition) is 2. The highest BCUT2D eigenvalue weighted by Gasteiger charge is 2.22. The van der Waals surface area contributed by atoms with E-state index in [0.717, 1.165) is 42.5 Å². The predicted molar refractivity (Wildman–Crippen MR) is 112 cm³/mol. The van der Waals surface area contributed by atoms with Crippen LogP contribution in [0.1, 0.15) is 25.7 Å². The first-order chi connectivity index (χ1) is 14.3. The maximum absolute atomic E-state index is 4.66. The number of nitrogens with one attached hydrogen (secondary N) is 2. The molecule has 3 heterocycles. The summed E-state index contributed by atoms with van der Waals surface area (Å²) < 4.78 is 1.75. The first-order valence-corrected chi connectivity index (χ1v) is 9.93. The van der Waals surface area contributed by atoms with Gasteiger partial charge >= 0.3 is 0 Å². The molecule has 4 aromatic rings. The topological polar surface area (TPSA) is 93.4 Å². The fourth-order valence-corrected chi connectivity index (χ4v) is 3.80. The number of anilines is 2. The zero-order valence-electron chi connectivity index (χ0n) is 15.9. The van der Waals surface area contributed by atoms with Crippen LogP contribution in [0.3, 0.4) is 0 Å². The molecule has 1 fully saturated rings. The maximum atomic E-state index is 4.66. The van der Waals surface area contributed by atoms with Gasteiger partial charge in [0, 0.05) is 30.5 Å². The second kappa shape index (κ2) is 7.83. The molecule has 3 aromatic heterocycles. The number of nitrogens with zero attached hydrogens (tertiary/aromatic N) is 6. The third kappa shape index (κ3) is 3.87. The monoisotopic (exact) mass is 386 g/mol. The fraction of sp³-hybridized carbons (Fsp3) is 0.286. The second-order valence-electron chi connectivity index (χ2n) is 7.28. The van der Waals surface area contributed by atoms with Gasteiger partial charge in [-0.05, 0) is 49.9 Å². The molecular formula is C21H22N8. The average molecular weight is 386 g/mol. The van der Waals surface area contributed by atoms with Gasteiger partial charge in [0.15, 0.2) is 5.82 Å². The zero-order valence-corrected chi connectivity index (χ0v) is 15.9. The fourth-order valence-electron chi connectivity index (χ4n) is 3.80. The highest BCUT2D eigenvalue weighted by molar-refractivity contribution is 5.75. The van der Waals surface area contributed by atoms with E-state index in [4.69, 9.17) is 0 Å². The van der Waals surface area contributed by atoms with Crippen molar-refractivity contribution in [2.75, 3.05) is 10.6 Å². The Morgan fingerprint density at radius 1 is 0.793 bits per heavy atom. The van der Waals surface area contributed by atoms with E-state index < -0.39 is 0 Å². The van der Waals surface area contributed by atoms with Gasteiger partial charge in [0.05, 0.1) is 5.52 Å². The van der Waals surface area contributed by atoms with Crippen molar-refractivity contribution in [2.24, 2.45) is 0 Å². The molecule has 5 rings (SSSR count). The molecule has 1 saturated carbocycles. The molecular weight excluding hydrogens is 364 g/mol. The van der Waals surface area contributed by atoms with E-state index in [-0.39, 0.29) is 0 Å². The van der Waals surface area contributed by atoms with E-state index in [1.54, 1.807) is 10.9 Å². The number of rotatable bonds is 5. The van der Waals surface area contributed by atoms with Gasteiger partial charge in [-0.25, -0.2) is 9.97 Å². The number of benzene rings is 1. The van der Waals surface area contributed by atoms with Crippen LogP contribution in [0.25, 0.3) is 16.9 Å². The first-order valence-electron chi connectivity index (χ1n) is 9.93. The molecule has 0 atom stereocenters. The lowest BCUT2D eigenvalue weighted by atomic mass is 9.91. The Bertz CT molecular complexity index is 1090. The third-order valence-corrected chi connectivity index (χ3v) is 5.29. The lowest BCUT2D eigenvalue weighted by Crippen LogP contribution is -2.33. The van der Waals surface area contributed by atoms with E-state index in [1.165, 1.54) is 0 Å². The summed E-state index contributed by atoms with van der Waals surface area (Å²) in [5, 5.41) is 15.5. The Morgan fingerprint density at radius 2 is 1.59 bits per heavy atom. The molecule has 0 amide bonds. The number of aromatic nitrogens is 6. The quantitative estimate of drug-likeness (QED) is 0.543. The minimum Gasteiger partial charge on any atom is -0.367 e. The van der Waals surface area contributed by atoms with E-state index in [0.29, 0.717) is 23.8 Å². The Balaban J connectivity index is 1.23. The van der Waals surface area contributed by atoms with Crippen LogP contribution in [-0.4, -0.2) is 42.0 Å². The van der Waals surface area contributed by atoms with E-state index >= 15 is 0 Å². The van der Waals surface area contributed by atoms with Gasteiger partial charge in [-0.15, -0.1) is 5.10 Å². The third-order valence-electron chi connectivity index (χ3n) is 5.29. The average Bonchev–Trinajstić information content (AvgIpc) is 3.20. The van der Waals surface area contributed by atoms with Gasteiger partial charge in [0.25, 0.3) is 0 Å². The van der Waals surface area contributed by atoms with Gasteiger partial charge in [-0.1, -0.05) is 23.4 Å². The van der Waals surface area contributed by atoms with Crippen LogP contribution < -0.4 is 10.6 Å². The van der Waals surface area contributed by atoms with Gasteiger partial charge in [-0.2, -0.15) is 9.67 Å². The Labute approximate surface area is 168 Å². The SMILES string of the molecule is c1ccc(N[C@H]2CC[C@H](Nc3nccc(-n4nnc5ccccc54)n3)CC2)nc1. The van der Waals surface area contributed by atoms with Crippen molar-refractivity contribution in [3.8, 4) is 5.82 Å². The van der Waals surface area contributed by atoms with Crippen molar-refractivity contribution in [2.45, 2.75) is 37.8 Å². The summed E-state index contributed by atoms with van der Waals surface area (Å²) in [5.41, 5.74) is 1.78. The molecule has 2 N–H and O–H groups in total. The van der Waals surface area contributed by atoms with Crippen molar-refractivity contribution < 1.29 is 0 Å². The molecule has 1 aliphatic rings. The molecule has 146 valence electrons. The van der Waals surface area contributed by atoms with Gasteiger partial charge in [-0.3, -0.25) is 0 Å².